The van der Waals surface area contributed by atoms with Crippen molar-refractivity contribution in [1.82, 2.24) is 15.0 Å². The second kappa shape index (κ2) is 13.4. The van der Waals surface area contributed by atoms with E-state index in [9.17, 15) is 0 Å². The van der Waals surface area contributed by atoms with Gasteiger partial charge in [-0.05, 0) is 91.0 Å². The van der Waals surface area contributed by atoms with Crippen LogP contribution in [0.1, 0.15) is 22.3 Å². The van der Waals surface area contributed by atoms with Crippen LogP contribution in [-0.4, -0.2) is 15.0 Å². The van der Waals surface area contributed by atoms with Crippen LogP contribution in [0, 0.1) is 0 Å². The Morgan fingerprint density at radius 2 is 0.726 bits per heavy atom. The second-order valence-electron chi connectivity index (χ2n) is 16.3. The van der Waals surface area contributed by atoms with E-state index in [4.69, 9.17) is 19.4 Å². The van der Waals surface area contributed by atoms with Crippen LogP contribution in [0.5, 0.6) is 0 Å². The minimum atomic E-state index is -0.704. The van der Waals surface area contributed by atoms with Gasteiger partial charge in [0.15, 0.2) is 17.5 Å². The summed E-state index contributed by atoms with van der Waals surface area (Å²) in [5.74, 6) is 1.87. The Morgan fingerprint density at radius 1 is 0.274 bits per heavy atom. The molecule has 2 heterocycles. The lowest BCUT2D eigenvalue weighted by atomic mass is 9.65. The van der Waals surface area contributed by atoms with Gasteiger partial charge in [-0.15, -0.1) is 0 Å². The second-order valence-corrected chi connectivity index (χ2v) is 16.3. The van der Waals surface area contributed by atoms with Gasteiger partial charge in [-0.1, -0.05) is 188 Å². The highest BCUT2D eigenvalue weighted by atomic mass is 16.3. The molecule has 0 amide bonds. The van der Waals surface area contributed by atoms with E-state index >= 15 is 0 Å². The molecule has 4 heteroatoms. The third-order valence-corrected chi connectivity index (χ3v) is 13.0. The third kappa shape index (κ3) is 5.04. The number of para-hydroxylation sites is 1. The van der Waals surface area contributed by atoms with Crippen molar-refractivity contribution in [1.29, 1.82) is 0 Å². The molecule has 2 aliphatic rings. The quantitative estimate of drug-likeness (QED) is 0.178. The Hall–Kier alpha value is -8.21. The fourth-order valence-corrected chi connectivity index (χ4v) is 10.2. The molecule has 11 aromatic rings. The van der Waals surface area contributed by atoms with Crippen LogP contribution in [0.15, 0.2) is 217 Å². The number of fused-ring (bicyclic) bond motifs is 15. The third-order valence-electron chi connectivity index (χ3n) is 13.0. The van der Waals surface area contributed by atoms with E-state index in [0.29, 0.717) is 17.5 Å². The van der Waals surface area contributed by atoms with Gasteiger partial charge in [0, 0.05) is 27.5 Å². The van der Waals surface area contributed by atoms with Gasteiger partial charge < -0.3 is 4.42 Å². The number of hydrogen-bond acceptors (Lipinski definition) is 4. The molecule has 0 saturated carbocycles. The van der Waals surface area contributed by atoms with Gasteiger partial charge in [-0.3, -0.25) is 0 Å². The largest absolute Gasteiger partial charge is 0.456 e. The van der Waals surface area contributed by atoms with Crippen molar-refractivity contribution in [3.8, 4) is 78.7 Å². The summed E-state index contributed by atoms with van der Waals surface area (Å²) in [6.45, 7) is 0. The van der Waals surface area contributed by atoms with E-state index in [2.05, 4.69) is 182 Å². The molecule has 1 unspecified atom stereocenters. The van der Waals surface area contributed by atoms with Crippen LogP contribution >= 0.6 is 0 Å². The minimum absolute atomic E-state index is 0.618. The molecule has 9 aromatic carbocycles. The molecule has 2 aliphatic carbocycles. The first kappa shape index (κ1) is 34.6. The molecule has 0 aliphatic heterocycles. The Balaban J connectivity index is 1.10. The highest BCUT2D eigenvalue weighted by Crippen LogP contribution is 2.62. The van der Waals surface area contributed by atoms with E-state index in [0.717, 1.165) is 44.2 Å². The molecule has 0 N–H and O–H groups in total. The van der Waals surface area contributed by atoms with Crippen molar-refractivity contribution in [2.75, 3.05) is 0 Å². The van der Waals surface area contributed by atoms with Crippen molar-refractivity contribution in [2.24, 2.45) is 0 Å². The van der Waals surface area contributed by atoms with Crippen molar-refractivity contribution in [3.63, 3.8) is 0 Å². The zero-order valence-corrected chi connectivity index (χ0v) is 33.5. The van der Waals surface area contributed by atoms with E-state index in [-0.39, 0.29) is 0 Å². The number of nitrogens with zero attached hydrogens (tertiary/aromatic N) is 3. The average molecular weight is 790 g/mol. The maximum absolute atomic E-state index is 6.56. The first-order chi connectivity index (χ1) is 30.7. The molecule has 288 valence electrons. The Kier molecular flexibility index (Phi) is 7.49. The van der Waals surface area contributed by atoms with Crippen LogP contribution in [0.3, 0.4) is 0 Å². The molecule has 0 fully saturated rings. The first-order valence-electron chi connectivity index (χ1n) is 21.1. The summed E-state index contributed by atoms with van der Waals surface area (Å²) in [6.07, 6.45) is 0. The Labute approximate surface area is 358 Å². The molecule has 0 bridgehead atoms. The number of rotatable bonds is 4. The van der Waals surface area contributed by atoms with E-state index in [1.54, 1.807) is 0 Å². The fraction of sp³-hybridized carbons (Fsp3) is 0.0172. The molecule has 0 saturated heterocycles. The topological polar surface area (TPSA) is 51.8 Å². The lowest BCUT2D eigenvalue weighted by molar-refractivity contribution is 0.668. The van der Waals surface area contributed by atoms with Crippen LogP contribution in [0.25, 0.3) is 101 Å². The lowest BCUT2D eigenvalue weighted by Gasteiger charge is -2.35. The van der Waals surface area contributed by atoms with Gasteiger partial charge in [0.25, 0.3) is 0 Å². The fourth-order valence-electron chi connectivity index (χ4n) is 10.2. The highest BCUT2D eigenvalue weighted by Gasteiger charge is 2.50. The maximum Gasteiger partial charge on any atom is 0.164 e. The van der Waals surface area contributed by atoms with Crippen molar-refractivity contribution in [2.45, 2.75) is 5.41 Å². The number of benzene rings is 9. The zero-order valence-electron chi connectivity index (χ0n) is 33.5. The van der Waals surface area contributed by atoms with Crippen LogP contribution in [0.2, 0.25) is 0 Å². The molecular weight excluding hydrogens is 755 g/mol. The molecule has 0 radical (unpaired) electrons. The van der Waals surface area contributed by atoms with Crippen molar-refractivity contribution in [3.05, 3.63) is 235 Å². The predicted octanol–water partition coefficient (Wildman–Crippen LogP) is 14.4. The summed E-state index contributed by atoms with van der Waals surface area (Å²) >= 11 is 0. The number of furan rings is 1. The van der Waals surface area contributed by atoms with E-state index in [1.165, 1.54) is 61.2 Å². The lowest BCUT2D eigenvalue weighted by Crippen LogP contribution is -2.29. The van der Waals surface area contributed by atoms with Gasteiger partial charge >= 0.3 is 0 Å². The SMILES string of the molecule is c1ccc(-c2ccc(-c3nc(-c4ccccc4)nc(-c4ccc5c(c4)C4(c6ccccc6-c6ccccc6-5)c5ccccc5-c5cc6oc7ccccc7c6cc54)n3)cc2)cc1. The van der Waals surface area contributed by atoms with E-state index < -0.39 is 5.41 Å². The van der Waals surface area contributed by atoms with Crippen molar-refractivity contribution < 1.29 is 4.42 Å². The molecule has 4 nitrogen and oxygen atoms in total. The summed E-state index contributed by atoms with van der Waals surface area (Å²) in [7, 11) is 0. The Bertz CT molecular complexity index is 3570. The van der Waals surface area contributed by atoms with Gasteiger partial charge in [0.05, 0.1) is 5.41 Å². The Morgan fingerprint density at radius 3 is 1.40 bits per heavy atom. The maximum atomic E-state index is 6.56. The van der Waals surface area contributed by atoms with Crippen LogP contribution in [0.4, 0.5) is 0 Å². The molecule has 62 heavy (non-hydrogen) atoms. The summed E-state index contributed by atoms with van der Waals surface area (Å²) in [6, 6.07) is 75.9. The smallest absolute Gasteiger partial charge is 0.164 e. The zero-order chi connectivity index (χ0) is 40.8. The molecule has 1 atom stereocenters. The number of hydrogen-bond donors (Lipinski definition) is 0. The normalized spacial score (nSPS) is 14.5. The predicted molar refractivity (Wildman–Crippen MR) is 251 cm³/mol. The summed E-state index contributed by atoms with van der Waals surface area (Å²) in [5, 5.41) is 2.22. The van der Waals surface area contributed by atoms with Crippen LogP contribution < -0.4 is 0 Å². The summed E-state index contributed by atoms with van der Waals surface area (Å²) in [4.78, 5) is 15.7. The molecule has 1 spiro atoms. The van der Waals surface area contributed by atoms with Gasteiger partial charge in [0.2, 0.25) is 0 Å². The van der Waals surface area contributed by atoms with Gasteiger partial charge in [0.1, 0.15) is 11.2 Å². The van der Waals surface area contributed by atoms with Crippen molar-refractivity contribution >= 4 is 21.9 Å². The summed E-state index contributed by atoms with van der Waals surface area (Å²) in [5.41, 5.74) is 18.2. The summed E-state index contributed by atoms with van der Waals surface area (Å²) < 4.78 is 6.56. The minimum Gasteiger partial charge on any atom is -0.456 e. The van der Waals surface area contributed by atoms with Gasteiger partial charge in [-0.2, -0.15) is 0 Å². The highest BCUT2D eigenvalue weighted by molar-refractivity contribution is 6.09. The van der Waals surface area contributed by atoms with E-state index in [1.807, 2.05) is 30.3 Å². The standard InChI is InChI=1S/C58H35N3O/c1-3-15-36(16-4-1)37-27-29-39(30-28-37)56-59-55(38-17-5-2-6-18-38)60-57(61-56)40-31-32-45-42-20-8-7-19-41(42)43-21-9-12-24-49(43)58(51(45)33-40)50-25-13-10-22-44(50)47-35-54-48(34-52(47)58)46-23-11-14-26-53(46)62-54/h1-35H. The van der Waals surface area contributed by atoms with Crippen LogP contribution in [-0.2, 0) is 5.41 Å². The molecular formula is C58H35N3O. The molecule has 2 aromatic heterocycles. The average Bonchev–Trinajstić information content (AvgIpc) is 3.83. The number of aromatic nitrogens is 3. The van der Waals surface area contributed by atoms with Gasteiger partial charge in [-0.25, -0.2) is 15.0 Å². The first-order valence-corrected chi connectivity index (χ1v) is 21.1. The molecule has 13 rings (SSSR count). The monoisotopic (exact) mass is 789 g/mol.